The Balaban J connectivity index is 2.73. The molecule has 0 amide bonds. The topological polar surface area (TPSA) is 46.5 Å². The van der Waals surface area contributed by atoms with E-state index in [-0.39, 0.29) is 17.9 Å². The van der Waals surface area contributed by atoms with Crippen LogP contribution in [0.4, 0.5) is 0 Å². The fraction of sp³-hybridized carbons (Fsp3) is 0.182. The predicted molar refractivity (Wildman–Crippen MR) is 58.2 cm³/mol. The molecule has 0 heterocycles. The minimum Gasteiger partial charge on any atom is -0.507 e. The van der Waals surface area contributed by atoms with E-state index in [1.165, 1.54) is 18.2 Å². The molecule has 15 heavy (non-hydrogen) atoms. The molecule has 0 bridgehead atoms. The van der Waals surface area contributed by atoms with E-state index >= 15 is 0 Å². The van der Waals surface area contributed by atoms with Gasteiger partial charge in [0.05, 0.1) is 0 Å². The maximum Gasteiger partial charge on any atom is 0.342 e. The summed E-state index contributed by atoms with van der Waals surface area (Å²) in [6.07, 6.45) is 3.47. The van der Waals surface area contributed by atoms with Crippen molar-refractivity contribution in [2.75, 3.05) is 6.61 Å². The molecule has 0 atom stereocenters. The van der Waals surface area contributed by atoms with Crippen LogP contribution in [0.15, 0.2) is 30.4 Å². The fourth-order valence-electron chi connectivity index (χ4n) is 0.975. The number of benzene rings is 1. The molecule has 0 saturated carbocycles. The van der Waals surface area contributed by atoms with Gasteiger partial charge in [-0.1, -0.05) is 23.8 Å². The lowest BCUT2D eigenvalue weighted by Crippen LogP contribution is -2.05. The van der Waals surface area contributed by atoms with Crippen LogP contribution in [0.5, 0.6) is 5.75 Å². The van der Waals surface area contributed by atoms with Crippen LogP contribution in [-0.2, 0) is 4.74 Å². The molecule has 80 valence electrons. The normalized spacial score (nSPS) is 10.5. The predicted octanol–water partition coefficient (Wildman–Crippen LogP) is 2.78. The van der Waals surface area contributed by atoms with Gasteiger partial charge in [0.15, 0.2) is 0 Å². The molecule has 0 spiro atoms. The van der Waals surface area contributed by atoms with Gasteiger partial charge >= 0.3 is 5.97 Å². The van der Waals surface area contributed by atoms with E-state index in [0.717, 1.165) is 0 Å². The summed E-state index contributed by atoms with van der Waals surface area (Å²) in [5.41, 5.74) is 0.115. The molecule has 3 nitrogen and oxygen atoms in total. The second-order valence-corrected chi connectivity index (χ2v) is 3.27. The lowest BCUT2D eigenvalue weighted by molar-refractivity contribution is 0.0546. The van der Waals surface area contributed by atoms with Gasteiger partial charge in [-0.15, -0.1) is 0 Å². The van der Waals surface area contributed by atoms with Gasteiger partial charge in [0.25, 0.3) is 0 Å². The van der Waals surface area contributed by atoms with Gasteiger partial charge in [-0.2, -0.15) is 0 Å². The minimum atomic E-state index is -0.567. The van der Waals surface area contributed by atoms with Crippen molar-refractivity contribution >= 4 is 17.6 Å². The Bertz CT molecular complexity index is 385. The van der Waals surface area contributed by atoms with E-state index in [2.05, 4.69) is 0 Å². The van der Waals surface area contributed by atoms with Crippen LogP contribution in [0.1, 0.15) is 17.3 Å². The first-order valence-corrected chi connectivity index (χ1v) is 4.79. The van der Waals surface area contributed by atoms with E-state index < -0.39 is 5.97 Å². The first kappa shape index (κ1) is 11.6. The summed E-state index contributed by atoms with van der Waals surface area (Å²) in [7, 11) is 0. The van der Waals surface area contributed by atoms with Gasteiger partial charge < -0.3 is 9.84 Å². The minimum absolute atomic E-state index is 0.115. The fourth-order valence-corrected chi connectivity index (χ4v) is 1.14. The third-order valence-electron chi connectivity index (χ3n) is 1.73. The first-order chi connectivity index (χ1) is 7.15. The number of aromatic hydroxyl groups is 1. The Morgan fingerprint density at radius 1 is 1.60 bits per heavy atom. The molecule has 4 heteroatoms. The summed E-state index contributed by atoms with van der Waals surface area (Å²) in [6.45, 7) is 2.02. The number of allylic oxidation sites excluding steroid dienone is 1. The molecule has 0 aliphatic rings. The molecular weight excluding hydrogens is 216 g/mol. The molecule has 1 N–H and O–H groups in total. The van der Waals surface area contributed by atoms with E-state index in [0.29, 0.717) is 5.02 Å². The number of esters is 1. The van der Waals surface area contributed by atoms with Crippen molar-refractivity contribution < 1.29 is 14.6 Å². The van der Waals surface area contributed by atoms with E-state index in [1.54, 1.807) is 12.2 Å². The number of hydrogen-bond acceptors (Lipinski definition) is 3. The largest absolute Gasteiger partial charge is 0.507 e. The zero-order valence-corrected chi connectivity index (χ0v) is 8.99. The summed E-state index contributed by atoms with van der Waals surface area (Å²) in [5, 5.41) is 9.79. The molecule has 1 rings (SSSR count). The number of carbonyl (C=O) groups is 1. The molecule has 1 aromatic carbocycles. The van der Waals surface area contributed by atoms with Crippen molar-refractivity contribution in [2.24, 2.45) is 0 Å². The number of hydrogen-bond donors (Lipinski definition) is 1. The molecule has 0 saturated heterocycles. The van der Waals surface area contributed by atoms with Crippen LogP contribution < -0.4 is 0 Å². The average Bonchev–Trinajstić information content (AvgIpc) is 2.17. The van der Waals surface area contributed by atoms with Crippen molar-refractivity contribution in [3.05, 3.63) is 40.9 Å². The highest BCUT2D eigenvalue weighted by atomic mass is 35.5. The van der Waals surface area contributed by atoms with Crippen molar-refractivity contribution in [1.29, 1.82) is 0 Å². The standard InChI is InChI=1S/C11H11ClO3/c1-2-3-6-15-11(14)9-5-4-8(12)7-10(9)13/h2-5,7,13H,6H2,1H3/b3-2+. The Labute approximate surface area is 92.9 Å². The number of halogens is 1. The lowest BCUT2D eigenvalue weighted by Gasteiger charge is -2.04. The van der Waals surface area contributed by atoms with Crippen molar-refractivity contribution in [1.82, 2.24) is 0 Å². The average molecular weight is 227 g/mol. The first-order valence-electron chi connectivity index (χ1n) is 4.42. The summed E-state index contributed by atoms with van der Waals surface area (Å²) in [4.78, 5) is 11.4. The van der Waals surface area contributed by atoms with Crippen LogP contribution in [-0.4, -0.2) is 17.7 Å². The monoisotopic (exact) mass is 226 g/mol. The van der Waals surface area contributed by atoms with Gasteiger partial charge in [0.2, 0.25) is 0 Å². The SMILES string of the molecule is C/C=C/COC(=O)c1ccc(Cl)cc1O. The molecule has 0 aliphatic carbocycles. The third kappa shape index (κ3) is 3.29. The Hall–Kier alpha value is -1.48. The maximum atomic E-state index is 11.4. The van der Waals surface area contributed by atoms with Crippen LogP contribution >= 0.6 is 11.6 Å². The molecule has 0 aromatic heterocycles. The molecule has 0 unspecified atom stereocenters. The van der Waals surface area contributed by atoms with Crippen LogP contribution in [0.3, 0.4) is 0 Å². The highest BCUT2D eigenvalue weighted by Gasteiger charge is 2.11. The molecule has 0 fully saturated rings. The second-order valence-electron chi connectivity index (χ2n) is 2.83. The molecule has 0 radical (unpaired) electrons. The highest BCUT2D eigenvalue weighted by molar-refractivity contribution is 6.30. The smallest absolute Gasteiger partial charge is 0.342 e. The van der Waals surface area contributed by atoms with Gasteiger partial charge in [0.1, 0.15) is 17.9 Å². The van der Waals surface area contributed by atoms with Crippen molar-refractivity contribution in [3.8, 4) is 5.75 Å². The summed E-state index contributed by atoms with van der Waals surface area (Å²) in [5.74, 6) is -0.741. The van der Waals surface area contributed by atoms with Crippen molar-refractivity contribution in [3.63, 3.8) is 0 Å². The molecule has 1 aromatic rings. The lowest BCUT2D eigenvalue weighted by atomic mass is 10.2. The van der Waals surface area contributed by atoms with Crippen LogP contribution in [0.2, 0.25) is 5.02 Å². The summed E-state index contributed by atoms with van der Waals surface area (Å²) in [6, 6.07) is 4.25. The zero-order valence-electron chi connectivity index (χ0n) is 8.24. The quantitative estimate of drug-likeness (QED) is 0.637. The van der Waals surface area contributed by atoms with E-state index in [1.807, 2.05) is 6.92 Å². The third-order valence-corrected chi connectivity index (χ3v) is 1.96. The second kappa shape index (κ2) is 5.41. The Morgan fingerprint density at radius 2 is 2.33 bits per heavy atom. The van der Waals surface area contributed by atoms with Crippen molar-refractivity contribution in [2.45, 2.75) is 6.92 Å². The van der Waals surface area contributed by atoms with Gasteiger partial charge in [-0.25, -0.2) is 4.79 Å². The maximum absolute atomic E-state index is 11.4. The molecular formula is C11H11ClO3. The zero-order chi connectivity index (χ0) is 11.3. The van der Waals surface area contributed by atoms with E-state index in [4.69, 9.17) is 16.3 Å². The Morgan fingerprint density at radius 3 is 2.93 bits per heavy atom. The molecule has 0 aliphatic heterocycles. The number of rotatable bonds is 3. The summed E-state index contributed by atoms with van der Waals surface area (Å²) < 4.78 is 4.86. The van der Waals surface area contributed by atoms with E-state index in [9.17, 15) is 9.90 Å². The van der Waals surface area contributed by atoms with Gasteiger partial charge in [-0.3, -0.25) is 0 Å². The number of ether oxygens (including phenoxy) is 1. The van der Waals surface area contributed by atoms with Crippen LogP contribution in [0.25, 0.3) is 0 Å². The van der Waals surface area contributed by atoms with Crippen LogP contribution in [0, 0.1) is 0 Å². The number of carbonyl (C=O) groups excluding carboxylic acids is 1. The Kier molecular flexibility index (Phi) is 4.18. The van der Waals surface area contributed by atoms with Gasteiger partial charge in [0, 0.05) is 5.02 Å². The van der Waals surface area contributed by atoms with Gasteiger partial charge in [-0.05, 0) is 25.1 Å². The summed E-state index contributed by atoms with van der Waals surface area (Å²) >= 11 is 5.63. The highest BCUT2D eigenvalue weighted by Crippen LogP contribution is 2.22. The number of phenols is 1. The number of phenolic OH excluding ortho intramolecular Hbond substituents is 1.